The van der Waals surface area contributed by atoms with Crippen LogP contribution in [0.25, 0.3) is 0 Å². The van der Waals surface area contributed by atoms with Gasteiger partial charge in [0.15, 0.2) is 9.84 Å². The Bertz CT molecular complexity index is 451. The minimum Gasteiger partial charge on any atom is -0.495 e. The van der Waals surface area contributed by atoms with Crippen molar-refractivity contribution in [1.29, 1.82) is 0 Å². The molecular weight excluding hydrogens is 224 g/mol. The van der Waals surface area contributed by atoms with Crippen molar-refractivity contribution in [2.24, 2.45) is 0 Å². The highest BCUT2D eigenvalue weighted by atomic mass is 35.5. The summed E-state index contributed by atoms with van der Waals surface area (Å²) in [5, 5.41) is 0.190. The van der Waals surface area contributed by atoms with Crippen LogP contribution in [-0.4, -0.2) is 21.8 Å². The molecule has 14 heavy (non-hydrogen) atoms. The first-order valence-corrected chi connectivity index (χ1v) is 6.18. The van der Waals surface area contributed by atoms with E-state index in [-0.39, 0.29) is 9.92 Å². The molecule has 5 heteroatoms. The zero-order valence-electron chi connectivity index (χ0n) is 8.17. The van der Waals surface area contributed by atoms with Crippen LogP contribution in [0, 0.1) is 6.92 Å². The second-order valence-corrected chi connectivity index (χ2v) is 5.36. The summed E-state index contributed by atoms with van der Waals surface area (Å²) in [5.74, 6) is 0.319. The van der Waals surface area contributed by atoms with Crippen LogP contribution in [0.15, 0.2) is 17.0 Å². The van der Waals surface area contributed by atoms with Gasteiger partial charge in [-0.15, -0.1) is 0 Å². The highest BCUT2D eigenvalue weighted by Crippen LogP contribution is 2.33. The Morgan fingerprint density at radius 3 is 2.29 bits per heavy atom. The van der Waals surface area contributed by atoms with E-state index in [2.05, 4.69) is 0 Å². The standard InChI is InChI=1S/C9H11ClO3S/c1-6-4-5-7(10)9(8(6)13-2)14(3,11)12/h4-5H,1-3H3. The molecule has 1 aromatic carbocycles. The lowest BCUT2D eigenvalue weighted by molar-refractivity contribution is 0.400. The van der Waals surface area contributed by atoms with Gasteiger partial charge in [0.25, 0.3) is 0 Å². The van der Waals surface area contributed by atoms with E-state index < -0.39 is 9.84 Å². The van der Waals surface area contributed by atoms with E-state index in [0.29, 0.717) is 5.75 Å². The first-order chi connectivity index (χ1) is 6.38. The summed E-state index contributed by atoms with van der Waals surface area (Å²) in [6.45, 7) is 1.77. The van der Waals surface area contributed by atoms with Crippen molar-refractivity contribution >= 4 is 21.4 Å². The second-order valence-electron chi connectivity index (χ2n) is 3.00. The molecule has 0 saturated carbocycles. The molecule has 1 aromatic rings. The summed E-state index contributed by atoms with van der Waals surface area (Å²) in [7, 11) is -1.93. The maximum absolute atomic E-state index is 11.4. The van der Waals surface area contributed by atoms with Crippen LogP contribution in [0.3, 0.4) is 0 Å². The van der Waals surface area contributed by atoms with Crippen molar-refractivity contribution < 1.29 is 13.2 Å². The molecule has 0 aromatic heterocycles. The number of methoxy groups -OCH3 is 1. The van der Waals surface area contributed by atoms with Gasteiger partial charge in [0.05, 0.1) is 12.1 Å². The molecule has 78 valence electrons. The Kier molecular flexibility index (Phi) is 3.07. The van der Waals surface area contributed by atoms with Crippen LogP contribution >= 0.6 is 11.6 Å². The smallest absolute Gasteiger partial charge is 0.180 e. The Labute approximate surface area is 88.6 Å². The molecule has 1 rings (SSSR count). The largest absolute Gasteiger partial charge is 0.495 e. The Morgan fingerprint density at radius 2 is 1.93 bits per heavy atom. The highest BCUT2D eigenvalue weighted by Gasteiger charge is 2.19. The van der Waals surface area contributed by atoms with E-state index in [1.807, 2.05) is 0 Å². The van der Waals surface area contributed by atoms with Crippen molar-refractivity contribution in [1.82, 2.24) is 0 Å². The van der Waals surface area contributed by atoms with Gasteiger partial charge >= 0.3 is 0 Å². The fraction of sp³-hybridized carbons (Fsp3) is 0.333. The van der Waals surface area contributed by atoms with Gasteiger partial charge in [-0.1, -0.05) is 17.7 Å². The average Bonchev–Trinajstić information content (AvgIpc) is 2.06. The zero-order valence-corrected chi connectivity index (χ0v) is 9.74. The number of benzene rings is 1. The molecular formula is C9H11ClO3S. The van der Waals surface area contributed by atoms with Gasteiger partial charge in [-0.3, -0.25) is 0 Å². The van der Waals surface area contributed by atoms with E-state index in [9.17, 15) is 8.42 Å². The molecule has 0 N–H and O–H groups in total. The minimum atomic E-state index is -3.36. The zero-order chi connectivity index (χ0) is 10.9. The third-order valence-corrected chi connectivity index (χ3v) is 3.41. The predicted molar refractivity (Wildman–Crippen MR) is 55.9 cm³/mol. The number of ether oxygens (including phenoxy) is 1. The summed E-state index contributed by atoms with van der Waals surface area (Å²) < 4.78 is 27.9. The van der Waals surface area contributed by atoms with Gasteiger partial charge in [0.1, 0.15) is 10.6 Å². The Balaban J connectivity index is 3.63. The lowest BCUT2D eigenvalue weighted by Crippen LogP contribution is -2.03. The summed E-state index contributed by atoms with van der Waals surface area (Å²) in [6.07, 6.45) is 1.11. The number of aryl methyl sites for hydroxylation is 1. The maximum Gasteiger partial charge on any atom is 0.180 e. The van der Waals surface area contributed by atoms with Crippen molar-refractivity contribution in [2.75, 3.05) is 13.4 Å². The quantitative estimate of drug-likeness (QED) is 0.787. The average molecular weight is 235 g/mol. The first-order valence-electron chi connectivity index (χ1n) is 3.91. The van der Waals surface area contributed by atoms with E-state index in [0.717, 1.165) is 11.8 Å². The van der Waals surface area contributed by atoms with Crippen LogP contribution in [0.4, 0.5) is 0 Å². The van der Waals surface area contributed by atoms with Crippen LogP contribution in [0.5, 0.6) is 5.75 Å². The number of halogens is 1. The van der Waals surface area contributed by atoms with E-state index in [1.165, 1.54) is 7.11 Å². The highest BCUT2D eigenvalue weighted by molar-refractivity contribution is 7.91. The van der Waals surface area contributed by atoms with Crippen LogP contribution < -0.4 is 4.74 Å². The summed E-state index contributed by atoms with van der Waals surface area (Å²) >= 11 is 5.81. The number of hydrogen-bond acceptors (Lipinski definition) is 3. The molecule has 0 fully saturated rings. The molecule has 0 amide bonds. The minimum absolute atomic E-state index is 0.0571. The summed E-state index contributed by atoms with van der Waals surface area (Å²) in [6, 6.07) is 3.27. The summed E-state index contributed by atoms with van der Waals surface area (Å²) in [5.41, 5.74) is 0.748. The van der Waals surface area contributed by atoms with Crippen LogP contribution in [-0.2, 0) is 9.84 Å². The van der Waals surface area contributed by atoms with Gasteiger partial charge in [-0.05, 0) is 18.6 Å². The predicted octanol–water partition coefficient (Wildman–Crippen LogP) is 2.06. The first kappa shape index (κ1) is 11.3. The lowest BCUT2D eigenvalue weighted by atomic mass is 10.2. The fourth-order valence-electron chi connectivity index (χ4n) is 1.24. The van der Waals surface area contributed by atoms with Gasteiger partial charge in [0, 0.05) is 6.26 Å². The summed E-state index contributed by atoms with van der Waals surface area (Å²) in [4.78, 5) is 0.0571. The second kappa shape index (κ2) is 3.79. The molecule has 0 heterocycles. The van der Waals surface area contributed by atoms with Gasteiger partial charge in [0.2, 0.25) is 0 Å². The number of rotatable bonds is 2. The SMILES string of the molecule is COc1c(C)ccc(Cl)c1S(C)(=O)=O. The maximum atomic E-state index is 11.4. The van der Waals surface area contributed by atoms with Crippen molar-refractivity contribution in [3.63, 3.8) is 0 Å². The Hall–Kier alpha value is -0.740. The van der Waals surface area contributed by atoms with E-state index >= 15 is 0 Å². The lowest BCUT2D eigenvalue weighted by Gasteiger charge is -2.10. The molecule has 0 radical (unpaired) electrons. The molecule has 0 saturated heterocycles. The third-order valence-electron chi connectivity index (χ3n) is 1.84. The van der Waals surface area contributed by atoms with Crippen molar-refractivity contribution in [2.45, 2.75) is 11.8 Å². The van der Waals surface area contributed by atoms with E-state index in [4.69, 9.17) is 16.3 Å². The topological polar surface area (TPSA) is 43.4 Å². The monoisotopic (exact) mass is 234 g/mol. The van der Waals surface area contributed by atoms with Gasteiger partial charge in [-0.2, -0.15) is 0 Å². The van der Waals surface area contributed by atoms with Crippen molar-refractivity contribution in [3.05, 3.63) is 22.7 Å². The molecule has 3 nitrogen and oxygen atoms in total. The van der Waals surface area contributed by atoms with Crippen LogP contribution in [0.2, 0.25) is 5.02 Å². The van der Waals surface area contributed by atoms with Crippen molar-refractivity contribution in [3.8, 4) is 5.75 Å². The van der Waals surface area contributed by atoms with Crippen LogP contribution in [0.1, 0.15) is 5.56 Å². The number of hydrogen-bond donors (Lipinski definition) is 0. The number of sulfone groups is 1. The fourth-order valence-corrected chi connectivity index (χ4v) is 2.81. The third kappa shape index (κ3) is 2.01. The molecule has 0 spiro atoms. The van der Waals surface area contributed by atoms with E-state index in [1.54, 1.807) is 19.1 Å². The van der Waals surface area contributed by atoms with Gasteiger partial charge < -0.3 is 4.74 Å². The molecule has 0 aliphatic rings. The van der Waals surface area contributed by atoms with Gasteiger partial charge in [-0.25, -0.2) is 8.42 Å². The normalized spacial score (nSPS) is 11.4. The molecule has 0 atom stereocenters. The molecule has 0 aliphatic carbocycles. The molecule has 0 aliphatic heterocycles. The molecule has 0 bridgehead atoms. The Morgan fingerprint density at radius 1 is 1.36 bits per heavy atom. The molecule has 0 unspecified atom stereocenters.